The van der Waals surface area contributed by atoms with Crippen LogP contribution in [0, 0.1) is 5.92 Å². The summed E-state index contributed by atoms with van der Waals surface area (Å²) in [6.45, 7) is 2.09. The molecule has 20 heavy (non-hydrogen) atoms. The van der Waals surface area contributed by atoms with Crippen molar-refractivity contribution < 1.29 is 9.59 Å². The molecule has 1 aromatic carbocycles. The molecule has 4 nitrogen and oxygen atoms in total. The molecule has 1 unspecified atom stereocenters. The first-order chi connectivity index (χ1) is 9.65. The third-order valence-electron chi connectivity index (χ3n) is 3.38. The van der Waals surface area contributed by atoms with Crippen LogP contribution in [-0.4, -0.2) is 16.9 Å². The Kier molecular flexibility index (Phi) is 4.84. The van der Waals surface area contributed by atoms with Crippen LogP contribution in [-0.2, 0) is 9.59 Å². The monoisotopic (exact) mass is 290 g/mol. The van der Waals surface area contributed by atoms with Gasteiger partial charge < -0.3 is 5.32 Å². The van der Waals surface area contributed by atoms with Crippen LogP contribution in [0.4, 0.5) is 5.69 Å². The van der Waals surface area contributed by atoms with Crippen molar-refractivity contribution in [3.05, 3.63) is 30.3 Å². The first-order valence-electron chi connectivity index (χ1n) is 6.89. The van der Waals surface area contributed by atoms with E-state index in [1.165, 1.54) is 4.90 Å². The molecular formula is C15H18N2O2S. The van der Waals surface area contributed by atoms with Crippen molar-refractivity contribution in [3.63, 3.8) is 0 Å². The second-order valence-corrected chi connectivity index (χ2v) is 5.24. The summed E-state index contributed by atoms with van der Waals surface area (Å²) < 4.78 is 0. The molecule has 0 spiro atoms. The smallest absolute Gasteiger partial charge is 0.245 e. The Morgan fingerprint density at radius 3 is 2.55 bits per heavy atom. The molecule has 2 amide bonds. The number of nitrogens with one attached hydrogen (secondary N) is 1. The SMILES string of the molecule is CCCCCC1C(=O)NC(=S)N(c2ccccc2)C1=O. The molecule has 2 rings (SSSR count). The lowest BCUT2D eigenvalue weighted by Gasteiger charge is -2.32. The zero-order chi connectivity index (χ0) is 14.5. The van der Waals surface area contributed by atoms with E-state index >= 15 is 0 Å². The lowest BCUT2D eigenvalue weighted by Crippen LogP contribution is -2.58. The average molecular weight is 290 g/mol. The van der Waals surface area contributed by atoms with Gasteiger partial charge in [0.1, 0.15) is 5.92 Å². The Morgan fingerprint density at radius 1 is 1.20 bits per heavy atom. The predicted octanol–water partition coefficient (Wildman–Crippen LogP) is 2.63. The van der Waals surface area contributed by atoms with Gasteiger partial charge in [-0.2, -0.15) is 0 Å². The summed E-state index contributed by atoms with van der Waals surface area (Å²) in [6.07, 6.45) is 3.52. The van der Waals surface area contributed by atoms with E-state index < -0.39 is 5.92 Å². The van der Waals surface area contributed by atoms with Gasteiger partial charge in [0.2, 0.25) is 11.8 Å². The first kappa shape index (κ1) is 14.7. The number of para-hydroxylation sites is 1. The minimum atomic E-state index is -0.631. The normalized spacial score (nSPS) is 19.1. The highest BCUT2D eigenvalue weighted by molar-refractivity contribution is 7.80. The Hall–Kier alpha value is -1.75. The molecule has 0 saturated carbocycles. The first-order valence-corrected chi connectivity index (χ1v) is 7.29. The van der Waals surface area contributed by atoms with Crippen LogP contribution in [0.25, 0.3) is 0 Å². The number of hydrogen-bond donors (Lipinski definition) is 1. The van der Waals surface area contributed by atoms with E-state index in [-0.39, 0.29) is 16.9 Å². The van der Waals surface area contributed by atoms with Gasteiger partial charge in [0.25, 0.3) is 0 Å². The number of carbonyl (C=O) groups is 2. The maximum atomic E-state index is 12.5. The third-order valence-corrected chi connectivity index (χ3v) is 3.66. The summed E-state index contributed by atoms with van der Waals surface area (Å²) in [7, 11) is 0. The van der Waals surface area contributed by atoms with Gasteiger partial charge >= 0.3 is 0 Å². The van der Waals surface area contributed by atoms with Crippen LogP contribution in [0.5, 0.6) is 0 Å². The molecule has 1 aromatic rings. The maximum Gasteiger partial charge on any atom is 0.245 e. The highest BCUT2D eigenvalue weighted by Gasteiger charge is 2.38. The minimum absolute atomic E-state index is 0.165. The molecule has 0 aliphatic carbocycles. The number of rotatable bonds is 5. The number of unbranched alkanes of at least 4 members (excludes halogenated alkanes) is 2. The van der Waals surface area contributed by atoms with E-state index in [0.717, 1.165) is 19.3 Å². The highest BCUT2D eigenvalue weighted by atomic mass is 32.1. The highest BCUT2D eigenvalue weighted by Crippen LogP contribution is 2.23. The van der Waals surface area contributed by atoms with Crippen molar-refractivity contribution in [2.75, 3.05) is 4.90 Å². The number of thiocarbonyl (C=S) groups is 1. The Bertz CT molecular complexity index is 516. The second kappa shape index (κ2) is 6.61. The van der Waals surface area contributed by atoms with Crippen molar-refractivity contribution in [2.24, 2.45) is 5.92 Å². The molecule has 5 heteroatoms. The molecule has 106 valence electrons. The second-order valence-electron chi connectivity index (χ2n) is 4.85. The summed E-state index contributed by atoms with van der Waals surface area (Å²) in [4.78, 5) is 25.9. The Balaban J connectivity index is 2.18. The summed E-state index contributed by atoms with van der Waals surface area (Å²) >= 11 is 5.12. The van der Waals surface area contributed by atoms with E-state index in [2.05, 4.69) is 12.2 Å². The van der Waals surface area contributed by atoms with Crippen LogP contribution in [0.2, 0.25) is 0 Å². The number of anilines is 1. The van der Waals surface area contributed by atoms with Crippen molar-refractivity contribution in [2.45, 2.75) is 32.6 Å². The van der Waals surface area contributed by atoms with Crippen LogP contribution >= 0.6 is 12.2 Å². The van der Waals surface area contributed by atoms with Crippen LogP contribution < -0.4 is 10.2 Å². The standard InChI is InChI=1S/C15H18N2O2S/c1-2-3-5-10-12-13(18)16-15(20)17(14(12)19)11-8-6-4-7-9-11/h4,6-9,12H,2-3,5,10H2,1H3,(H,16,18,20). The average Bonchev–Trinajstić information content (AvgIpc) is 2.43. The van der Waals surface area contributed by atoms with Gasteiger partial charge in [-0.05, 0) is 30.8 Å². The molecule has 1 heterocycles. The summed E-state index contributed by atoms with van der Waals surface area (Å²) in [5.41, 5.74) is 0.697. The Morgan fingerprint density at radius 2 is 1.90 bits per heavy atom. The molecule has 1 fully saturated rings. The van der Waals surface area contributed by atoms with Crippen LogP contribution in [0.1, 0.15) is 32.6 Å². The predicted molar refractivity (Wildman–Crippen MR) is 82.3 cm³/mol. The van der Waals surface area contributed by atoms with Gasteiger partial charge in [-0.1, -0.05) is 44.4 Å². The molecule has 0 aromatic heterocycles. The van der Waals surface area contributed by atoms with Crippen molar-refractivity contribution in [3.8, 4) is 0 Å². The number of nitrogens with zero attached hydrogens (tertiary/aromatic N) is 1. The summed E-state index contributed by atoms with van der Waals surface area (Å²) in [5, 5.41) is 2.80. The number of amides is 2. The van der Waals surface area contributed by atoms with Crippen molar-refractivity contribution >= 4 is 34.8 Å². The molecule has 1 saturated heterocycles. The fraction of sp³-hybridized carbons (Fsp3) is 0.400. The number of benzene rings is 1. The number of carbonyl (C=O) groups excluding carboxylic acids is 2. The lowest BCUT2D eigenvalue weighted by molar-refractivity contribution is -0.134. The van der Waals surface area contributed by atoms with Gasteiger partial charge in [-0.3, -0.25) is 14.5 Å². The Labute approximate surface area is 124 Å². The van der Waals surface area contributed by atoms with E-state index in [4.69, 9.17) is 12.2 Å². The molecule has 1 atom stereocenters. The van der Waals surface area contributed by atoms with E-state index in [1.54, 1.807) is 0 Å². The van der Waals surface area contributed by atoms with E-state index in [0.29, 0.717) is 12.1 Å². The van der Waals surface area contributed by atoms with Gasteiger partial charge in [0.05, 0.1) is 5.69 Å². The van der Waals surface area contributed by atoms with Gasteiger partial charge in [0.15, 0.2) is 5.11 Å². The minimum Gasteiger partial charge on any atom is -0.302 e. The fourth-order valence-corrected chi connectivity index (χ4v) is 2.59. The third kappa shape index (κ3) is 3.04. The van der Waals surface area contributed by atoms with Crippen LogP contribution in [0.3, 0.4) is 0 Å². The topological polar surface area (TPSA) is 49.4 Å². The number of hydrogen-bond acceptors (Lipinski definition) is 3. The van der Waals surface area contributed by atoms with Gasteiger partial charge in [-0.15, -0.1) is 0 Å². The zero-order valence-corrected chi connectivity index (χ0v) is 12.3. The largest absolute Gasteiger partial charge is 0.302 e. The van der Waals surface area contributed by atoms with E-state index in [9.17, 15) is 9.59 Å². The van der Waals surface area contributed by atoms with Gasteiger partial charge in [0, 0.05) is 0 Å². The zero-order valence-electron chi connectivity index (χ0n) is 11.5. The molecule has 1 aliphatic heterocycles. The molecule has 1 aliphatic rings. The van der Waals surface area contributed by atoms with Gasteiger partial charge in [-0.25, -0.2) is 0 Å². The lowest BCUT2D eigenvalue weighted by atomic mass is 9.97. The molecule has 1 N–H and O–H groups in total. The maximum absolute atomic E-state index is 12.5. The molecular weight excluding hydrogens is 272 g/mol. The van der Waals surface area contributed by atoms with Crippen LogP contribution in [0.15, 0.2) is 30.3 Å². The summed E-state index contributed by atoms with van der Waals surface area (Å²) in [6, 6.07) is 9.18. The van der Waals surface area contributed by atoms with E-state index in [1.807, 2.05) is 30.3 Å². The summed E-state index contributed by atoms with van der Waals surface area (Å²) in [5.74, 6) is -1.13. The van der Waals surface area contributed by atoms with Crippen molar-refractivity contribution in [1.82, 2.24) is 5.32 Å². The fourth-order valence-electron chi connectivity index (χ4n) is 2.29. The molecule has 0 radical (unpaired) electrons. The molecule has 0 bridgehead atoms. The van der Waals surface area contributed by atoms with Crippen molar-refractivity contribution in [1.29, 1.82) is 0 Å². The quantitative estimate of drug-likeness (QED) is 0.515.